The number of amides is 1. The summed E-state index contributed by atoms with van der Waals surface area (Å²) in [5, 5.41) is 4.03. The van der Waals surface area contributed by atoms with Crippen LogP contribution < -0.4 is 0 Å². The van der Waals surface area contributed by atoms with Gasteiger partial charge in [0.05, 0.1) is 6.54 Å². The van der Waals surface area contributed by atoms with Gasteiger partial charge in [0.1, 0.15) is 11.5 Å². The monoisotopic (exact) mass is 260 g/mol. The molecule has 98 valence electrons. The Bertz CT molecular complexity index is 619. The Morgan fingerprint density at radius 2 is 2.11 bits per heavy atom. The molecular formula is C14H13FN2O2. The number of carbonyl (C=O) groups is 1. The van der Waals surface area contributed by atoms with Gasteiger partial charge >= 0.3 is 0 Å². The maximum Gasteiger partial charge on any atom is 0.219 e. The maximum absolute atomic E-state index is 12.9. The maximum atomic E-state index is 12.9. The quantitative estimate of drug-likeness (QED) is 0.791. The van der Waals surface area contributed by atoms with Gasteiger partial charge in [-0.3, -0.25) is 4.79 Å². The van der Waals surface area contributed by atoms with E-state index in [1.807, 2.05) is 0 Å². The molecule has 0 spiro atoms. The highest BCUT2D eigenvalue weighted by atomic mass is 19.1. The number of halogens is 1. The first-order valence-corrected chi connectivity index (χ1v) is 6.14. The fourth-order valence-corrected chi connectivity index (χ4v) is 2.33. The van der Waals surface area contributed by atoms with Gasteiger partial charge in [0.2, 0.25) is 5.91 Å². The van der Waals surface area contributed by atoms with E-state index < -0.39 is 0 Å². The minimum absolute atomic E-state index is 0.0389. The first-order chi connectivity index (χ1) is 9.15. The Morgan fingerprint density at radius 1 is 1.37 bits per heavy atom. The molecule has 3 rings (SSSR count). The molecule has 0 fully saturated rings. The molecule has 1 aromatic carbocycles. The third-order valence-corrected chi connectivity index (χ3v) is 3.39. The first-order valence-electron chi connectivity index (χ1n) is 6.14. The molecule has 2 aromatic rings. The van der Waals surface area contributed by atoms with Crippen LogP contribution in [0.5, 0.6) is 0 Å². The van der Waals surface area contributed by atoms with E-state index in [9.17, 15) is 9.18 Å². The molecule has 1 aliphatic heterocycles. The van der Waals surface area contributed by atoms with Gasteiger partial charge in [-0.2, -0.15) is 0 Å². The summed E-state index contributed by atoms with van der Waals surface area (Å²) in [5.41, 5.74) is 2.62. The smallest absolute Gasteiger partial charge is 0.219 e. The van der Waals surface area contributed by atoms with Crippen LogP contribution in [0.3, 0.4) is 0 Å². The molecule has 0 saturated carbocycles. The Morgan fingerprint density at radius 3 is 2.79 bits per heavy atom. The van der Waals surface area contributed by atoms with Crippen molar-refractivity contribution < 1.29 is 13.7 Å². The number of hydrogen-bond donors (Lipinski definition) is 0. The highest BCUT2D eigenvalue weighted by molar-refractivity contribution is 5.74. The molecule has 0 radical (unpaired) electrons. The van der Waals surface area contributed by atoms with Gasteiger partial charge in [0.15, 0.2) is 5.76 Å². The summed E-state index contributed by atoms with van der Waals surface area (Å²) in [6, 6.07) is 6.14. The molecule has 5 heteroatoms. The van der Waals surface area contributed by atoms with Crippen LogP contribution in [0.4, 0.5) is 4.39 Å². The van der Waals surface area contributed by atoms with Crippen molar-refractivity contribution in [2.24, 2.45) is 0 Å². The minimum Gasteiger partial charge on any atom is -0.356 e. The summed E-state index contributed by atoms with van der Waals surface area (Å²) in [6.07, 6.45) is 0.713. The van der Waals surface area contributed by atoms with E-state index in [0.717, 1.165) is 16.8 Å². The Kier molecular flexibility index (Phi) is 2.81. The molecule has 19 heavy (non-hydrogen) atoms. The van der Waals surface area contributed by atoms with E-state index >= 15 is 0 Å². The Labute approximate surface area is 109 Å². The van der Waals surface area contributed by atoms with Crippen LogP contribution in [0.25, 0.3) is 11.3 Å². The second kappa shape index (κ2) is 4.50. The van der Waals surface area contributed by atoms with E-state index in [0.29, 0.717) is 25.3 Å². The van der Waals surface area contributed by atoms with Gasteiger partial charge in [-0.25, -0.2) is 4.39 Å². The molecule has 1 aliphatic rings. The number of aromatic nitrogens is 1. The molecule has 0 aliphatic carbocycles. The first kappa shape index (κ1) is 11.9. The zero-order valence-electron chi connectivity index (χ0n) is 10.5. The predicted molar refractivity (Wildman–Crippen MR) is 66.7 cm³/mol. The van der Waals surface area contributed by atoms with Gasteiger partial charge in [-0.15, -0.1) is 0 Å². The predicted octanol–water partition coefficient (Wildman–Crippen LogP) is 2.39. The van der Waals surface area contributed by atoms with E-state index in [-0.39, 0.29) is 11.7 Å². The van der Waals surface area contributed by atoms with Gasteiger partial charge in [-0.1, -0.05) is 5.16 Å². The zero-order chi connectivity index (χ0) is 13.4. The lowest BCUT2D eigenvalue weighted by Gasteiger charge is -2.24. The molecule has 4 nitrogen and oxygen atoms in total. The molecule has 0 saturated heterocycles. The Hall–Kier alpha value is -2.17. The highest BCUT2D eigenvalue weighted by Gasteiger charge is 2.25. The van der Waals surface area contributed by atoms with Crippen molar-refractivity contribution in [3.05, 3.63) is 41.3 Å². The van der Waals surface area contributed by atoms with Gasteiger partial charge in [0.25, 0.3) is 0 Å². The molecule has 0 bridgehead atoms. The summed E-state index contributed by atoms with van der Waals surface area (Å²) in [6.45, 7) is 2.69. The molecule has 1 aromatic heterocycles. The van der Waals surface area contributed by atoms with Crippen molar-refractivity contribution in [2.75, 3.05) is 6.54 Å². The molecular weight excluding hydrogens is 247 g/mol. The van der Waals surface area contributed by atoms with Crippen LogP contribution in [0.2, 0.25) is 0 Å². The van der Waals surface area contributed by atoms with Gasteiger partial charge in [0, 0.05) is 24.6 Å². The van der Waals surface area contributed by atoms with Crippen molar-refractivity contribution in [1.82, 2.24) is 10.1 Å². The molecule has 0 unspecified atom stereocenters. The fraction of sp³-hybridized carbons (Fsp3) is 0.286. The van der Waals surface area contributed by atoms with Crippen LogP contribution in [0.1, 0.15) is 18.2 Å². The van der Waals surface area contributed by atoms with Crippen molar-refractivity contribution in [3.8, 4) is 11.3 Å². The van der Waals surface area contributed by atoms with E-state index in [4.69, 9.17) is 4.52 Å². The summed E-state index contributed by atoms with van der Waals surface area (Å²) < 4.78 is 18.3. The number of benzene rings is 1. The van der Waals surface area contributed by atoms with Crippen LogP contribution in [0.15, 0.2) is 28.8 Å². The lowest BCUT2D eigenvalue weighted by molar-refractivity contribution is -0.129. The number of hydrogen-bond acceptors (Lipinski definition) is 3. The van der Waals surface area contributed by atoms with Crippen LogP contribution in [-0.2, 0) is 17.8 Å². The van der Waals surface area contributed by atoms with Gasteiger partial charge < -0.3 is 9.42 Å². The van der Waals surface area contributed by atoms with Crippen molar-refractivity contribution in [3.63, 3.8) is 0 Å². The second-order valence-corrected chi connectivity index (χ2v) is 4.63. The Balaban J connectivity index is 1.95. The number of rotatable bonds is 1. The lowest BCUT2D eigenvalue weighted by Crippen LogP contribution is -2.34. The van der Waals surface area contributed by atoms with Crippen LogP contribution in [-0.4, -0.2) is 22.5 Å². The number of carbonyl (C=O) groups excluding carboxylic acids is 1. The normalized spacial score (nSPS) is 14.3. The van der Waals surface area contributed by atoms with E-state index in [1.54, 1.807) is 24.0 Å². The van der Waals surface area contributed by atoms with Gasteiger partial charge in [-0.05, 0) is 30.7 Å². The summed E-state index contributed by atoms with van der Waals surface area (Å²) >= 11 is 0. The topological polar surface area (TPSA) is 46.3 Å². The van der Waals surface area contributed by atoms with E-state index in [2.05, 4.69) is 5.16 Å². The third-order valence-electron chi connectivity index (χ3n) is 3.39. The lowest BCUT2D eigenvalue weighted by atomic mass is 10.0. The second-order valence-electron chi connectivity index (χ2n) is 4.63. The standard InChI is InChI=1S/C14H13FN2O2/c1-9(18)17-7-6-12-13(8-17)16-19-14(12)10-2-4-11(15)5-3-10/h2-5H,6-8H2,1H3. The molecule has 2 heterocycles. The summed E-state index contributed by atoms with van der Waals surface area (Å²) in [7, 11) is 0. The zero-order valence-corrected chi connectivity index (χ0v) is 10.5. The van der Waals surface area contributed by atoms with Crippen molar-refractivity contribution >= 4 is 5.91 Å². The fourth-order valence-electron chi connectivity index (χ4n) is 2.33. The SMILES string of the molecule is CC(=O)N1CCc2c(noc2-c2ccc(F)cc2)C1. The minimum atomic E-state index is -0.278. The van der Waals surface area contributed by atoms with Crippen molar-refractivity contribution in [1.29, 1.82) is 0 Å². The third kappa shape index (κ3) is 2.12. The molecule has 0 atom stereocenters. The van der Waals surface area contributed by atoms with Crippen LogP contribution >= 0.6 is 0 Å². The highest BCUT2D eigenvalue weighted by Crippen LogP contribution is 2.30. The summed E-state index contributed by atoms with van der Waals surface area (Å²) in [5.74, 6) is 0.440. The number of nitrogens with zero attached hydrogens (tertiary/aromatic N) is 2. The number of fused-ring (bicyclic) bond motifs is 1. The largest absolute Gasteiger partial charge is 0.356 e. The summed E-state index contributed by atoms with van der Waals surface area (Å²) in [4.78, 5) is 13.1. The average molecular weight is 260 g/mol. The van der Waals surface area contributed by atoms with Crippen molar-refractivity contribution in [2.45, 2.75) is 19.9 Å². The molecule has 1 amide bonds. The van der Waals surface area contributed by atoms with Crippen LogP contribution in [0, 0.1) is 5.82 Å². The molecule has 0 N–H and O–H groups in total. The average Bonchev–Trinajstić information content (AvgIpc) is 2.82. The van der Waals surface area contributed by atoms with E-state index in [1.165, 1.54) is 12.1 Å².